The van der Waals surface area contributed by atoms with Gasteiger partial charge in [-0.15, -0.1) is 0 Å². The molecular formula is C10H18N2O2. The average Bonchev–Trinajstić information content (AvgIpc) is 2.87. The Morgan fingerprint density at radius 3 is 2.64 bits per heavy atom. The Morgan fingerprint density at radius 1 is 1.36 bits per heavy atom. The maximum absolute atomic E-state index is 11.8. The number of likely N-dealkylation sites (tertiary alicyclic amines) is 1. The summed E-state index contributed by atoms with van der Waals surface area (Å²) in [5, 5.41) is 13.0. The maximum atomic E-state index is 11.8. The second kappa shape index (κ2) is 4.28. The molecule has 2 saturated heterocycles. The molecule has 2 heterocycles. The Bertz CT molecular complexity index is 208. The van der Waals surface area contributed by atoms with Crippen molar-refractivity contribution in [3.05, 3.63) is 0 Å². The van der Waals surface area contributed by atoms with Gasteiger partial charge in [0.15, 0.2) is 0 Å². The first-order chi connectivity index (χ1) is 6.79. The Kier molecular flexibility index (Phi) is 3.03. The highest BCUT2D eigenvalue weighted by molar-refractivity contribution is 5.81. The van der Waals surface area contributed by atoms with E-state index in [0.717, 1.165) is 45.3 Å². The molecule has 0 aromatic heterocycles. The molecule has 0 aliphatic carbocycles. The van der Waals surface area contributed by atoms with Crippen LogP contribution in [0.2, 0.25) is 0 Å². The number of hydrogen-bond donors (Lipinski definition) is 2. The minimum Gasteiger partial charge on any atom is -0.382 e. The molecule has 1 amide bonds. The molecule has 0 spiro atoms. The van der Waals surface area contributed by atoms with Gasteiger partial charge < -0.3 is 15.3 Å². The topological polar surface area (TPSA) is 52.6 Å². The van der Waals surface area contributed by atoms with Crippen molar-refractivity contribution in [3.8, 4) is 0 Å². The fraction of sp³-hybridized carbons (Fsp3) is 0.900. The van der Waals surface area contributed by atoms with Crippen LogP contribution >= 0.6 is 0 Å². The fourth-order valence-electron chi connectivity index (χ4n) is 2.28. The van der Waals surface area contributed by atoms with Gasteiger partial charge >= 0.3 is 0 Å². The number of nitrogens with zero attached hydrogens (tertiary/aromatic N) is 1. The first kappa shape index (κ1) is 9.93. The van der Waals surface area contributed by atoms with E-state index in [4.69, 9.17) is 0 Å². The summed E-state index contributed by atoms with van der Waals surface area (Å²) in [5.41, 5.74) is 0. The Morgan fingerprint density at radius 2 is 2.07 bits per heavy atom. The number of carbonyl (C=O) groups excluding carboxylic acids is 1. The van der Waals surface area contributed by atoms with E-state index in [1.165, 1.54) is 0 Å². The predicted molar refractivity (Wildman–Crippen MR) is 52.8 cm³/mol. The largest absolute Gasteiger partial charge is 0.382 e. The van der Waals surface area contributed by atoms with Crippen LogP contribution in [0.15, 0.2) is 0 Å². The van der Waals surface area contributed by atoms with Crippen LogP contribution in [0.4, 0.5) is 0 Å². The number of nitrogens with one attached hydrogen (secondary N) is 1. The van der Waals surface area contributed by atoms with E-state index in [2.05, 4.69) is 5.32 Å². The molecular weight excluding hydrogens is 180 g/mol. The molecule has 14 heavy (non-hydrogen) atoms. The first-order valence-electron chi connectivity index (χ1n) is 5.49. The van der Waals surface area contributed by atoms with Crippen LogP contribution in [0.5, 0.6) is 0 Å². The summed E-state index contributed by atoms with van der Waals surface area (Å²) in [6, 6.07) is -0.0110. The van der Waals surface area contributed by atoms with E-state index in [1.807, 2.05) is 0 Å². The monoisotopic (exact) mass is 198 g/mol. The van der Waals surface area contributed by atoms with Crippen molar-refractivity contribution >= 4 is 5.91 Å². The Labute approximate surface area is 84.3 Å². The lowest BCUT2D eigenvalue weighted by Crippen LogP contribution is -2.47. The van der Waals surface area contributed by atoms with Gasteiger partial charge in [-0.1, -0.05) is 0 Å². The third-order valence-electron chi connectivity index (χ3n) is 3.15. The van der Waals surface area contributed by atoms with Crippen LogP contribution in [0, 0.1) is 0 Å². The SMILES string of the molecule is O=C(C(O)[C@@H]1CCCN1)N1CCCC1. The van der Waals surface area contributed by atoms with E-state index in [0.29, 0.717) is 0 Å². The van der Waals surface area contributed by atoms with Crippen molar-refractivity contribution in [2.75, 3.05) is 19.6 Å². The highest BCUT2D eigenvalue weighted by Gasteiger charge is 2.32. The third-order valence-corrected chi connectivity index (χ3v) is 3.15. The summed E-state index contributed by atoms with van der Waals surface area (Å²) in [6.45, 7) is 2.57. The number of rotatable bonds is 2. The van der Waals surface area contributed by atoms with Gasteiger partial charge in [-0.05, 0) is 32.2 Å². The fourth-order valence-corrected chi connectivity index (χ4v) is 2.28. The number of aliphatic hydroxyl groups excluding tert-OH is 1. The average molecular weight is 198 g/mol. The zero-order valence-corrected chi connectivity index (χ0v) is 8.41. The van der Waals surface area contributed by atoms with Crippen molar-refractivity contribution < 1.29 is 9.90 Å². The lowest BCUT2D eigenvalue weighted by atomic mass is 10.1. The summed E-state index contributed by atoms with van der Waals surface area (Å²) in [7, 11) is 0. The van der Waals surface area contributed by atoms with E-state index < -0.39 is 6.10 Å². The molecule has 2 fully saturated rings. The number of amides is 1. The number of aliphatic hydroxyl groups is 1. The molecule has 0 saturated carbocycles. The molecule has 4 nitrogen and oxygen atoms in total. The van der Waals surface area contributed by atoms with E-state index in [1.54, 1.807) is 4.90 Å². The van der Waals surface area contributed by atoms with Crippen LogP contribution < -0.4 is 5.32 Å². The van der Waals surface area contributed by atoms with Gasteiger partial charge in [-0.3, -0.25) is 4.79 Å². The van der Waals surface area contributed by atoms with Crippen molar-refractivity contribution in [1.29, 1.82) is 0 Å². The van der Waals surface area contributed by atoms with Gasteiger partial charge in [0.1, 0.15) is 6.10 Å². The second-order valence-corrected chi connectivity index (χ2v) is 4.18. The minimum atomic E-state index is -0.824. The molecule has 0 bridgehead atoms. The minimum absolute atomic E-state index is 0.0110. The van der Waals surface area contributed by atoms with Crippen molar-refractivity contribution in [2.45, 2.75) is 37.8 Å². The molecule has 0 aromatic rings. The molecule has 4 heteroatoms. The molecule has 80 valence electrons. The standard InChI is InChI=1S/C10H18N2O2/c13-9(8-4-3-5-11-8)10(14)12-6-1-2-7-12/h8-9,11,13H,1-7H2/t8-,9?/m0/s1. The zero-order chi connectivity index (χ0) is 9.97. The normalized spacial score (nSPS) is 29.5. The van der Waals surface area contributed by atoms with Crippen LogP contribution in [0.3, 0.4) is 0 Å². The molecule has 2 atom stereocenters. The van der Waals surface area contributed by atoms with Gasteiger partial charge in [0.25, 0.3) is 5.91 Å². The summed E-state index contributed by atoms with van der Waals surface area (Å²) in [6.07, 6.45) is 3.32. The third kappa shape index (κ3) is 1.91. The number of carbonyl (C=O) groups is 1. The van der Waals surface area contributed by atoms with E-state index in [-0.39, 0.29) is 11.9 Å². The van der Waals surface area contributed by atoms with Crippen LogP contribution in [-0.2, 0) is 4.79 Å². The van der Waals surface area contributed by atoms with Crippen molar-refractivity contribution in [1.82, 2.24) is 10.2 Å². The summed E-state index contributed by atoms with van der Waals surface area (Å²) >= 11 is 0. The summed E-state index contributed by atoms with van der Waals surface area (Å²) in [4.78, 5) is 13.6. The predicted octanol–water partition coefficient (Wildman–Crippen LogP) is -0.278. The lowest BCUT2D eigenvalue weighted by Gasteiger charge is -2.23. The van der Waals surface area contributed by atoms with Gasteiger partial charge in [-0.2, -0.15) is 0 Å². The Balaban J connectivity index is 1.89. The quantitative estimate of drug-likeness (QED) is 0.642. The van der Waals surface area contributed by atoms with Crippen molar-refractivity contribution in [3.63, 3.8) is 0 Å². The highest BCUT2D eigenvalue weighted by atomic mass is 16.3. The van der Waals surface area contributed by atoms with Crippen LogP contribution in [-0.4, -0.2) is 47.7 Å². The van der Waals surface area contributed by atoms with Gasteiger partial charge in [-0.25, -0.2) is 0 Å². The maximum Gasteiger partial charge on any atom is 0.253 e. The Hall–Kier alpha value is -0.610. The van der Waals surface area contributed by atoms with Gasteiger partial charge in [0.2, 0.25) is 0 Å². The zero-order valence-electron chi connectivity index (χ0n) is 8.41. The molecule has 2 aliphatic heterocycles. The van der Waals surface area contributed by atoms with Crippen LogP contribution in [0.25, 0.3) is 0 Å². The highest BCUT2D eigenvalue weighted by Crippen LogP contribution is 2.14. The van der Waals surface area contributed by atoms with Gasteiger partial charge in [0.05, 0.1) is 0 Å². The molecule has 0 radical (unpaired) electrons. The molecule has 2 aliphatic rings. The summed E-state index contributed by atoms with van der Waals surface area (Å²) < 4.78 is 0. The second-order valence-electron chi connectivity index (χ2n) is 4.18. The van der Waals surface area contributed by atoms with Gasteiger partial charge in [0, 0.05) is 19.1 Å². The summed E-state index contributed by atoms with van der Waals surface area (Å²) in [5.74, 6) is -0.0816. The van der Waals surface area contributed by atoms with Crippen molar-refractivity contribution in [2.24, 2.45) is 0 Å². The lowest BCUT2D eigenvalue weighted by molar-refractivity contribution is -0.140. The molecule has 2 rings (SSSR count). The van der Waals surface area contributed by atoms with E-state index in [9.17, 15) is 9.90 Å². The molecule has 0 aromatic carbocycles. The number of hydrogen-bond acceptors (Lipinski definition) is 3. The van der Waals surface area contributed by atoms with Crippen LogP contribution in [0.1, 0.15) is 25.7 Å². The molecule has 2 N–H and O–H groups in total. The van der Waals surface area contributed by atoms with E-state index >= 15 is 0 Å². The first-order valence-corrected chi connectivity index (χ1v) is 5.49. The smallest absolute Gasteiger partial charge is 0.253 e. The molecule has 1 unspecified atom stereocenters.